The molecule has 0 aliphatic carbocycles. The van der Waals surface area contributed by atoms with Crippen molar-refractivity contribution in [2.75, 3.05) is 6.54 Å². The molecule has 0 saturated carbocycles. The van der Waals surface area contributed by atoms with Gasteiger partial charge in [0.1, 0.15) is 6.04 Å². The van der Waals surface area contributed by atoms with E-state index in [0.717, 1.165) is 30.4 Å². The third kappa shape index (κ3) is 3.36. The SMILES string of the molecule is O=C(O)[C@@H]1CCCN1Cc1ccc(-c2cccc(Br)c2)s1. The lowest BCUT2D eigenvalue weighted by Crippen LogP contribution is -2.35. The Hall–Kier alpha value is -1.17. The Morgan fingerprint density at radius 2 is 2.24 bits per heavy atom. The van der Waals surface area contributed by atoms with E-state index in [2.05, 4.69) is 45.1 Å². The molecule has 2 aromatic rings. The Balaban J connectivity index is 1.75. The lowest BCUT2D eigenvalue weighted by Gasteiger charge is -2.19. The molecule has 1 atom stereocenters. The van der Waals surface area contributed by atoms with Crippen LogP contribution in [0.2, 0.25) is 0 Å². The highest BCUT2D eigenvalue weighted by Crippen LogP contribution is 2.31. The maximum absolute atomic E-state index is 11.2. The van der Waals surface area contributed by atoms with Crippen molar-refractivity contribution in [3.63, 3.8) is 0 Å². The molecule has 0 spiro atoms. The fourth-order valence-corrected chi connectivity index (χ4v) is 4.18. The van der Waals surface area contributed by atoms with E-state index in [0.29, 0.717) is 0 Å². The van der Waals surface area contributed by atoms with Gasteiger partial charge in [0.2, 0.25) is 0 Å². The molecule has 1 N–H and O–H groups in total. The number of carboxylic acids is 1. The minimum absolute atomic E-state index is 0.318. The van der Waals surface area contributed by atoms with Crippen molar-refractivity contribution in [1.82, 2.24) is 4.90 Å². The van der Waals surface area contributed by atoms with Crippen LogP contribution >= 0.6 is 27.3 Å². The predicted octanol–water partition coefficient (Wildman–Crippen LogP) is 4.23. The topological polar surface area (TPSA) is 40.5 Å². The van der Waals surface area contributed by atoms with E-state index in [-0.39, 0.29) is 6.04 Å². The van der Waals surface area contributed by atoms with Crippen molar-refractivity contribution in [2.24, 2.45) is 0 Å². The predicted molar refractivity (Wildman–Crippen MR) is 88.5 cm³/mol. The minimum Gasteiger partial charge on any atom is -0.480 e. The second-order valence-electron chi connectivity index (χ2n) is 5.24. The van der Waals surface area contributed by atoms with Gasteiger partial charge in [0, 0.05) is 20.8 Å². The molecule has 1 aromatic heterocycles. The highest BCUT2D eigenvalue weighted by Gasteiger charge is 2.30. The molecule has 0 amide bonds. The van der Waals surface area contributed by atoms with Crippen molar-refractivity contribution in [1.29, 1.82) is 0 Å². The molecule has 5 heteroatoms. The van der Waals surface area contributed by atoms with Gasteiger partial charge in [-0.25, -0.2) is 0 Å². The van der Waals surface area contributed by atoms with E-state index in [1.165, 1.54) is 15.3 Å². The zero-order valence-corrected chi connectivity index (χ0v) is 13.9. The molecule has 110 valence electrons. The smallest absolute Gasteiger partial charge is 0.320 e. The van der Waals surface area contributed by atoms with Gasteiger partial charge in [-0.05, 0) is 49.2 Å². The molecule has 0 bridgehead atoms. The lowest BCUT2D eigenvalue weighted by molar-refractivity contribution is -0.142. The van der Waals surface area contributed by atoms with E-state index in [1.54, 1.807) is 11.3 Å². The summed E-state index contributed by atoms with van der Waals surface area (Å²) in [5.41, 5.74) is 1.19. The largest absolute Gasteiger partial charge is 0.480 e. The zero-order valence-electron chi connectivity index (χ0n) is 11.5. The minimum atomic E-state index is -0.698. The molecule has 3 nitrogen and oxygen atoms in total. The number of hydrogen-bond donors (Lipinski definition) is 1. The number of nitrogens with zero attached hydrogens (tertiary/aromatic N) is 1. The van der Waals surface area contributed by atoms with Crippen LogP contribution in [-0.2, 0) is 11.3 Å². The first kappa shape index (κ1) is 14.8. The van der Waals surface area contributed by atoms with Gasteiger partial charge in [-0.2, -0.15) is 0 Å². The Bertz CT molecular complexity index is 655. The van der Waals surface area contributed by atoms with E-state index in [1.807, 2.05) is 12.1 Å². The van der Waals surface area contributed by atoms with E-state index < -0.39 is 5.97 Å². The van der Waals surface area contributed by atoms with Gasteiger partial charge in [0.25, 0.3) is 0 Å². The molecular weight excluding hydrogens is 350 g/mol. The number of rotatable bonds is 4. The molecule has 0 radical (unpaired) electrons. The van der Waals surface area contributed by atoms with Gasteiger partial charge in [0.15, 0.2) is 0 Å². The first-order valence-corrected chi connectivity index (χ1v) is 8.56. The number of carboxylic acid groups (broad SMARTS) is 1. The third-order valence-electron chi connectivity index (χ3n) is 3.78. The summed E-state index contributed by atoms with van der Waals surface area (Å²) in [7, 11) is 0. The van der Waals surface area contributed by atoms with E-state index in [4.69, 9.17) is 0 Å². The Kier molecular flexibility index (Phi) is 4.42. The molecule has 1 fully saturated rings. The van der Waals surface area contributed by atoms with Crippen LogP contribution in [0.5, 0.6) is 0 Å². The van der Waals surface area contributed by atoms with Gasteiger partial charge < -0.3 is 5.11 Å². The number of carbonyl (C=O) groups is 1. The second kappa shape index (κ2) is 6.30. The fraction of sp³-hybridized carbons (Fsp3) is 0.312. The number of hydrogen-bond acceptors (Lipinski definition) is 3. The summed E-state index contributed by atoms with van der Waals surface area (Å²) in [6.07, 6.45) is 1.74. The summed E-state index contributed by atoms with van der Waals surface area (Å²) in [4.78, 5) is 15.7. The molecule has 1 aliphatic rings. The normalized spacial score (nSPS) is 19.0. The number of aliphatic carboxylic acids is 1. The Morgan fingerprint density at radius 1 is 1.38 bits per heavy atom. The maximum Gasteiger partial charge on any atom is 0.320 e. The molecule has 21 heavy (non-hydrogen) atoms. The summed E-state index contributed by atoms with van der Waals surface area (Å²) in [5.74, 6) is -0.698. The van der Waals surface area contributed by atoms with Crippen molar-refractivity contribution in [2.45, 2.75) is 25.4 Å². The van der Waals surface area contributed by atoms with Gasteiger partial charge in [-0.15, -0.1) is 11.3 Å². The van der Waals surface area contributed by atoms with Crippen molar-refractivity contribution >= 4 is 33.2 Å². The highest BCUT2D eigenvalue weighted by atomic mass is 79.9. The van der Waals surface area contributed by atoms with Crippen LogP contribution in [0.4, 0.5) is 0 Å². The van der Waals surface area contributed by atoms with Crippen molar-refractivity contribution in [3.05, 3.63) is 45.7 Å². The van der Waals surface area contributed by atoms with Crippen LogP contribution in [0.1, 0.15) is 17.7 Å². The monoisotopic (exact) mass is 365 g/mol. The van der Waals surface area contributed by atoms with Gasteiger partial charge in [0.05, 0.1) is 0 Å². The summed E-state index contributed by atoms with van der Waals surface area (Å²) in [6.45, 7) is 1.61. The zero-order chi connectivity index (χ0) is 14.8. The number of benzene rings is 1. The van der Waals surface area contributed by atoms with Gasteiger partial charge in [-0.1, -0.05) is 28.1 Å². The van der Waals surface area contributed by atoms with Crippen LogP contribution in [0.3, 0.4) is 0 Å². The summed E-state index contributed by atoms with van der Waals surface area (Å²) >= 11 is 5.23. The maximum atomic E-state index is 11.2. The number of thiophene rings is 1. The van der Waals surface area contributed by atoms with Crippen LogP contribution in [0, 0.1) is 0 Å². The first-order chi connectivity index (χ1) is 10.1. The number of halogens is 1. The molecule has 1 aliphatic heterocycles. The quantitative estimate of drug-likeness (QED) is 0.881. The lowest BCUT2D eigenvalue weighted by atomic mass is 10.2. The van der Waals surface area contributed by atoms with Crippen molar-refractivity contribution < 1.29 is 9.90 Å². The molecule has 3 rings (SSSR count). The van der Waals surface area contributed by atoms with Crippen LogP contribution in [0.15, 0.2) is 40.9 Å². The summed E-state index contributed by atoms with van der Waals surface area (Å²) < 4.78 is 1.07. The summed E-state index contributed by atoms with van der Waals surface area (Å²) in [6, 6.07) is 12.1. The molecule has 1 aromatic carbocycles. The Morgan fingerprint density at radius 3 is 3.00 bits per heavy atom. The molecular formula is C16H16BrNO2S. The average Bonchev–Trinajstić information content (AvgIpc) is 3.08. The van der Waals surface area contributed by atoms with E-state index in [9.17, 15) is 9.90 Å². The highest BCUT2D eigenvalue weighted by molar-refractivity contribution is 9.10. The average molecular weight is 366 g/mol. The second-order valence-corrected chi connectivity index (χ2v) is 7.33. The molecule has 2 heterocycles. The van der Waals surface area contributed by atoms with Crippen LogP contribution < -0.4 is 0 Å². The van der Waals surface area contributed by atoms with E-state index >= 15 is 0 Å². The van der Waals surface area contributed by atoms with Crippen molar-refractivity contribution in [3.8, 4) is 10.4 Å². The van der Waals surface area contributed by atoms with Crippen LogP contribution in [0.25, 0.3) is 10.4 Å². The standard InChI is InChI=1S/C16H16BrNO2S/c17-12-4-1-3-11(9-12)15-7-6-13(21-15)10-18-8-2-5-14(18)16(19)20/h1,3-4,6-7,9,14H,2,5,8,10H2,(H,19,20)/t14-/m0/s1. The van der Waals surface area contributed by atoms with Crippen LogP contribution in [-0.4, -0.2) is 28.6 Å². The summed E-state index contributed by atoms with van der Waals surface area (Å²) in [5, 5.41) is 9.23. The molecule has 1 saturated heterocycles. The third-order valence-corrected chi connectivity index (χ3v) is 5.39. The Labute approximate surface area is 136 Å². The fourth-order valence-electron chi connectivity index (χ4n) is 2.76. The van der Waals surface area contributed by atoms with Gasteiger partial charge in [-0.3, -0.25) is 9.69 Å². The first-order valence-electron chi connectivity index (χ1n) is 6.95. The number of likely N-dealkylation sites (tertiary alicyclic amines) is 1. The molecule has 0 unspecified atom stereocenters. The van der Waals surface area contributed by atoms with Gasteiger partial charge >= 0.3 is 5.97 Å².